The molecule has 16 heavy (non-hydrogen) atoms. The quantitative estimate of drug-likeness (QED) is 0.689. The summed E-state index contributed by atoms with van der Waals surface area (Å²) in [4.78, 5) is 23.4. The second-order valence-corrected chi connectivity index (χ2v) is 3.23. The van der Waals surface area contributed by atoms with E-state index in [4.69, 9.17) is 5.11 Å². The standard InChI is InChI=1S/C9H14N4O3/c1-2-3-13(6-8(14)15)9(16)12-7-4-10-11-5-7/h4-5H,2-3,6H2,1H3,(H,10,11)(H,12,16)(H,14,15). The van der Waals surface area contributed by atoms with Crippen molar-refractivity contribution in [1.82, 2.24) is 15.1 Å². The lowest BCUT2D eigenvalue weighted by Crippen LogP contribution is -2.39. The maximum atomic E-state index is 11.6. The van der Waals surface area contributed by atoms with E-state index in [1.165, 1.54) is 17.3 Å². The zero-order valence-corrected chi connectivity index (χ0v) is 8.93. The van der Waals surface area contributed by atoms with Gasteiger partial charge < -0.3 is 15.3 Å². The molecule has 0 aliphatic carbocycles. The van der Waals surface area contributed by atoms with Crippen molar-refractivity contribution >= 4 is 17.7 Å². The van der Waals surface area contributed by atoms with E-state index in [1.54, 1.807) is 0 Å². The number of rotatable bonds is 5. The first kappa shape index (κ1) is 12.0. The summed E-state index contributed by atoms with van der Waals surface area (Å²) in [6, 6.07) is -0.439. The Morgan fingerprint density at radius 3 is 2.88 bits per heavy atom. The monoisotopic (exact) mass is 226 g/mol. The molecule has 0 aliphatic rings. The van der Waals surface area contributed by atoms with E-state index in [0.717, 1.165) is 0 Å². The molecule has 3 N–H and O–H groups in total. The summed E-state index contributed by atoms with van der Waals surface area (Å²) in [5, 5.41) is 17.4. The molecule has 0 aliphatic heterocycles. The van der Waals surface area contributed by atoms with E-state index in [2.05, 4.69) is 15.5 Å². The Hall–Kier alpha value is -2.05. The summed E-state index contributed by atoms with van der Waals surface area (Å²) in [6.07, 6.45) is 3.66. The molecular weight excluding hydrogens is 212 g/mol. The van der Waals surface area contributed by atoms with Crippen molar-refractivity contribution in [3.63, 3.8) is 0 Å². The smallest absolute Gasteiger partial charge is 0.323 e. The van der Waals surface area contributed by atoms with Gasteiger partial charge in [-0.05, 0) is 6.42 Å². The third-order valence-electron chi connectivity index (χ3n) is 1.86. The number of anilines is 1. The average molecular weight is 226 g/mol. The van der Waals surface area contributed by atoms with Crippen LogP contribution in [0.25, 0.3) is 0 Å². The number of nitrogens with zero attached hydrogens (tertiary/aromatic N) is 2. The lowest BCUT2D eigenvalue weighted by Gasteiger charge is -2.19. The van der Waals surface area contributed by atoms with Gasteiger partial charge in [-0.1, -0.05) is 6.92 Å². The number of hydrogen-bond acceptors (Lipinski definition) is 3. The number of carbonyl (C=O) groups excluding carboxylic acids is 1. The van der Waals surface area contributed by atoms with Crippen LogP contribution in [0.3, 0.4) is 0 Å². The van der Waals surface area contributed by atoms with Gasteiger partial charge in [-0.15, -0.1) is 0 Å². The van der Waals surface area contributed by atoms with E-state index in [-0.39, 0.29) is 6.54 Å². The molecule has 0 fully saturated rings. The first-order valence-corrected chi connectivity index (χ1v) is 4.90. The molecule has 0 bridgehead atoms. The van der Waals surface area contributed by atoms with Gasteiger partial charge >= 0.3 is 12.0 Å². The summed E-state index contributed by atoms with van der Waals surface area (Å²) in [5.74, 6) is -1.03. The van der Waals surface area contributed by atoms with Gasteiger partial charge in [0.2, 0.25) is 0 Å². The molecule has 1 aromatic rings. The van der Waals surface area contributed by atoms with E-state index < -0.39 is 12.0 Å². The molecule has 1 heterocycles. The third-order valence-corrected chi connectivity index (χ3v) is 1.86. The van der Waals surface area contributed by atoms with Crippen LogP contribution in [0, 0.1) is 0 Å². The zero-order valence-electron chi connectivity index (χ0n) is 8.93. The first-order chi connectivity index (χ1) is 7.63. The Balaban J connectivity index is 2.56. The largest absolute Gasteiger partial charge is 0.480 e. The van der Waals surface area contributed by atoms with Gasteiger partial charge in [0.05, 0.1) is 11.9 Å². The van der Waals surface area contributed by atoms with E-state index in [9.17, 15) is 9.59 Å². The fraction of sp³-hybridized carbons (Fsp3) is 0.444. The maximum absolute atomic E-state index is 11.6. The molecule has 0 atom stereocenters. The van der Waals surface area contributed by atoms with Crippen LogP contribution in [0.15, 0.2) is 12.4 Å². The number of nitrogens with one attached hydrogen (secondary N) is 2. The molecule has 7 nitrogen and oxygen atoms in total. The van der Waals surface area contributed by atoms with Crippen LogP contribution in [0.2, 0.25) is 0 Å². The minimum Gasteiger partial charge on any atom is -0.480 e. The molecule has 1 aromatic heterocycles. The van der Waals surface area contributed by atoms with Crippen LogP contribution < -0.4 is 5.32 Å². The average Bonchev–Trinajstić information content (AvgIpc) is 2.69. The predicted molar refractivity (Wildman–Crippen MR) is 57.1 cm³/mol. The van der Waals surface area contributed by atoms with E-state index >= 15 is 0 Å². The molecule has 2 amide bonds. The highest BCUT2D eigenvalue weighted by Gasteiger charge is 2.15. The van der Waals surface area contributed by atoms with Gasteiger partial charge in [-0.2, -0.15) is 5.10 Å². The maximum Gasteiger partial charge on any atom is 0.323 e. The number of urea groups is 1. The molecular formula is C9H14N4O3. The number of aromatic amines is 1. The van der Waals surface area contributed by atoms with Gasteiger partial charge in [0.1, 0.15) is 6.54 Å². The van der Waals surface area contributed by atoms with Crippen molar-refractivity contribution in [2.45, 2.75) is 13.3 Å². The number of hydrogen-bond donors (Lipinski definition) is 3. The second-order valence-electron chi connectivity index (χ2n) is 3.23. The minimum absolute atomic E-state index is 0.308. The number of aliphatic carboxylic acids is 1. The number of amides is 2. The fourth-order valence-corrected chi connectivity index (χ4v) is 1.21. The molecule has 88 valence electrons. The molecule has 0 radical (unpaired) electrons. The van der Waals surface area contributed by atoms with Gasteiger partial charge in [-0.25, -0.2) is 4.79 Å². The third kappa shape index (κ3) is 3.60. The van der Waals surface area contributed by atoms with Crippen LogP contribution in [0.1, 0.15) is 13.3 Å². The van der Waals surface area contributed by atoms with Crippen LogP contribution in [0.4, 0.5) is 10.5 Å². The fourth-order valence-electron chi connectivity index (χ4n) is 1.21. The van der Waals surface area contributed by atoms with Crippen molar-refractivity contribution in [3.8, 4) is 0 Å². The molecule has 7 heteroatoms. The predicted octanol–water partition coefficient (Wildman–Crippen LogP) is 0.738. The van der Waals surface area contributed by atoms with Crippen molar-refractivity contribution in [1.29, 1.82) is 0 Å². The number of carboxylic acids is 1. The topological polar surface area (TPSA) is 98.3 Å². The Kier molecular flexibility index (Phi) is 4.31. The van der Waals surface area contributed by atoms with Gasteiger partial charge in [0.15, 0.2) is 0 Å². The number of carbonyl (C=O) groups is 2. The highest BCUT2D eigenvalue weighted by atomic mass is 16.4. The Morgan fingerprint density at radius 2 is 2.38 bits per heavy atom. The summed E-state index contributed by atoms with van der Waals surface area (Å²) in [6.45, 7) is 1.97. The van der Waals surface area contributed by atoms with Crippen molar-refractivity contribution in [3.05, 3.63) is 12.4 Å². The lowest BCUT2D eigenvalue weighted by molar-refractivity contribution is -0.137. The Bertz CT molecular complexity index is 350. The van der Waals surface area contributed by atoms with Gasteiger partial charge in [0.25, 0.3) is 0 Å². The van der Waals surface area contributed by atoms with E-state index in [0.29, 0.717) is 18.7 Å². The zero-order chi connectivity index (χ0) is 12.0. The normalized spacial score (nSPS) is 9.81. The number of carboxylic acid groups (broad SMARTS) is 1. The van der Waals surface area contributed by atoms with Crippen LogP contribution in [0.5, 0.6) is 0 Å². The second kappa shape index (κ2) is 5.74. The minimum atomic E-state index is -1.03. The highest BCUT2D eigenvalue weighted by molar-refractivity contribution is 5.91. The van der Waals surface area contributed by atoms with Crippen LogP contribution >= 0.6 is 0 Å². The SMILES string of the molecule is CCCN(CC(=O)O)C(=O)Nc1cn[nH]c1. The van der Waals surface area contributed by atoms with Crippen molar-refractivity contribution in [2.75, 3.05) is 18.4 Å². The summed E-state index contributed by atoms with van der Waals surface area (Å²) < 4.78 is 0. The molecule has 0 saturated carbocycles. The number of H-pyrrole nitrogens is 1. The molecule has 1 rings (SSSR count). The molecule has 0 saturated heterocycles. The number of aromatic nitrogens is 2. The summed E-state index contributed by atoms with van der Waals surface area (Å²) in [7, 11) is 0. The summed E-state index contributed by atoms with van der Waals surface area (Å²) in [5.41, 5.74) is 0.511. The molecule has 0 aromatic carbocycles. The molecule has 0 spiro atoms. The lowest BCUT2D eigenvalue weighted by atomic mass is 10.4. The van der Waals surface area contributed by atoms with Crippen LogP contribution in [-0.4, -0.2) is 45.3 Å². The Labute approximate surface area is 92.4 Å². The highest BCUT2D eigenvalue weighted by Crippen LogP contribution is 2.03. The summed E-state index contributed by atoms with van der Waals surface area (Å²) >= 11 is 0. The van der Waals surface area contributed by atoms with Crippen molar-refractivity contribution < 1.29 is 14.7 Å². The van der Waals surface area contributed by atoms with Crippen LogP contribution in [-0.2, 0) is 4.79 Å². The first-order valence-electron chi connectivity index (χ1n) is 4.90. The van der Waals surface area contributed by atoms with Gasteiger partial charge in [-0.3, -0.25) is 9.89 Å². The van der Waals surface area contributed by atoms with Gasteiger partial charge in [0, 0.05) is 12.7 Å². The van der Waals surface area contributed by atoms with E-state index in [1.807, 2.05) is 6.92 Å². The van der Waals surface area contributed by atoms with Crippen molar-refractivity contribution in [2.24, 2.45) is 0 Å². The Morgan fingerprint density at radius 1 is 1.62 bits per heavy atom. The molecule has 0 unspecified atom stereocenters.